The van der Waals surface area contributed by atoms with Crippen molar-refractivity contribution < 1.29 is 9.90 Å². The normalized spacial score (nSPS) is 10.5. The van der Waals surface area contributed by atoms with E-state index < -0.39 is 0 Å². The molecule has 0 fully saturated rings. The van der Waals surface area contributed by atoms with Gasteiger partial charge in [-0.1, -0.05) is 18.2 Å². The molecular formula is C19H19N3O2S. The maximum absolute atomic E-state index is 11.3. The summed E-state index contributed by atoms with van der Waals surface area (Å²) in [4.78, 5) is 15.6. The van der Waals surface area contributed by atoms with Crippen molar-refractivity contribution in [1.82, 2.24) is 4.98 Å². The molecular weight excluding hydrogens is 334 g/mol. The summed E-state index contributed by atoms with van der Waals surface area (Å²) in [5.74, 6) is -0.124. The fourth-order valence-corrected chi connectivity index (χ4v) is 3.24. The van der Waals surface area contributed by atoms with E-state index in [2.05, 4.69) is 15.6 Å². The van der Waals surface area contributed by atoms with E-state index in [1.807, 2.05) is 48.7 Å². The van der Waals surface area contributed by atoms with E-state index >= 15 is 0 Å². The molecule has 3 N–H and O–H groups in total. The number of aromatic nitrogens is 1. The van der Waals surface area contributed by atoms with Gasteiger partial charge in [0.15, 0.2) is 5.13 Å². The van der Waals surface area contributed by atoms with Crippen LogP contribution in [0.15, 0.2) is 47.8 Å². The molecule has 6 heteroatoms. The average molecular weight is 353 g/mol. The Bertz CT molecular complexity index is 888. The van der Waals surface area contributed by atoms with Crippen LogP contribution in [0.3, 0.4) is 0 Å². The number of aliphatic hydroxyl groups excluding tert-OH is 1. The number of rotatable bonds is 5. The number of hydrogen-bond donors (Lipinski definition) is 3. The van der Waals surface area contributed by atoms with Gasteiger partial charge < -0.3 is 15.7 Å². The van der Waals surface area contributed by atoms with Gasteiger partial charge in [-0.25, -0.2) is 4.98 Å². The van der Waals surface area contributed by atoms with E-state index in [0.717, 1.165) is 33.2 Å². The highest BCUT2D eigenvalue weighted by atomic mass is 32.1. The van der Waals surface area contributed by atoms with Gasteiger partial charge in [-0.15, -0.1) is 11.3 Å². The number of hydrogen-bond acceptors (Lipinski definition) is 5. The lowest BCUT2D eigenvalue weighted by Crippen LogP contribution is -2.06. The quantitative estimate of drug-likeness (QED) is 0.639. The second-order valence-electron chi connectivity index (χ2n) is 5.71. The predicted molar refractivity (Wildman–Crippen MR) is 102 cm³/mol. The summed E-state index contributed by atoms with van der Waals surface area (Å²) < 4.78 is 0. The number of carbonyl (C=O) groups excluding carboxylic acids is 1. The molecule has 0 saturated heterocycles. The minimum absolute atomic E-state index is 0.0614. The Morgan fingerprint density at radius 1 is 1.16 bits per heavy atom. The van der Waals surface area contributed by atoms with Gasteiger partial charge in [0.25, 0.3) is 0 Å². The van der Waals surface area contributed by atoms with Crippen molar-refractivity contribution in [2.45, 2.75) is 20.5 Å². The number of aryl methyl sites for hydroxylation is 1. The molecule has 128 valence electrons. The van der Waals surface area contributed by atoms with E-state index in [4.69, 9.17) is 0 Å². The third kappa shape index (κ3) is 4.23. The van der Waals surface area contributed by atoms with Crippen molar-refractivity contribution in [2.24, 2.45) is 0 Å². The maximum Gasteiger partial charge on any atom is 0.221 e. The lowest BCUT2D eigenvalue weighted by atomic mass is 9.99. The van der Waals surface area contributed by atoms with Gasteiger partial charge in [0.2, 0.25) is 5.91 Å². The summed E-state index contributed by atoms with van der Waals surface area (Å²) in [5.41, 5.74) is 5.32. The van der Waals surface area contributed by atoms with Gasteiger partial charge in [0, 0.05) is 23.7 Å². The van der Waals surface area contributed by atoms with Crippen LogP contribution in [0.4, 0.5) is 16.5 Å². The first-order valence-electron chi connectivity index (χ1n) is 7.86. The number of benzene rings is 2. The topological polar surface area (TPSA) is 74.2 Å². The van der Waals surface area contributed by atoms with E-state index in [-0.39, 0.29) is 12.5 Å². The lowest BCUT2D eigenvalue weighted by Gasteiger charge is -2.12. The van der Waals surface area contributed by atoms with E-state index in [9.17, 15) is 9.90 Å². The van der Waals surface area contributed by atoms with Crippen LogP contribution >= 0.6 is 11.3 Å². The fraction of sp³-hybridized carbons (Fsp3) is 0.158. The third-order valence-corrected chi connectivity index (χ3v) is 4.54. The molecule has 3 aromatic rings. The summed E-state index contributed by atoms with van der Waals surface area (Å²) in [6.45, 7) is 3.37. The zero-order valence-corrected chi connectivity index (χ0v) is 14.9. The van der Waals surface area contributed by atoms with Crippen molar-refractivity contribution in [3.05, 3.63) is 59.1 Å². The second-order valence-corrected chi connectivity index (χ2v) is 6.57. The molecule has 0 radical (unpaired) electrons. The SMILES string of the molecule is CC(=O)Nc1ccc(CO)c(-c2ccc(Nc3nc(C)cs3)cc2)c1. The fourth-order valence-electron chi connectivity index (χ4n) is 2.53. The highest BCUT2D eigenvalue weighted by molar-refractivity contribution is 7.13. The number of thiazole rings is 1. The van der Waals surface area contributed by atoms with Gasteiger partial charge >= 0.3 is 0 Å². The van der Waals surface area contributed by atoms with Gasteiger partial charge in [-0.05, 0) is 47.9 Å². The van der Waals surface area contributed by atoms with Gasteiger partial charge in [0.05, 0.1) is 12.3 Å². The van der Waals surface area contributed by atoms with Crippen molar-refractivity contribution >= 4 is 33.8 Å². The molecule has 0 spiro atoms. The Labute approximate surface area is 150 Å². The molecule has 3 rings (SSSR count). The van der Waals surface area contributed by atoms with Crippen molar-refractivity contribution in [1.29, 1.82) is 0 Å². The van der Waals surface area contributed by atoms with E-state index in [1.165, 1.54) is 6.92 Å². The van der Waals surface area contributed by atoms with Gasteiger partial charge in [-0.2, -0.15) is 0 Å². The van der Waals surface area contributed by atoms with Crippen molar-refractivity contribution in [2.75, 3.05) is 10.6 Å². The average Bonchev–Trinajstić information content (AvgIpc) is 3.00. The second kappa shape index (κ2) is 7.46. The Morgan fingerprint density at radius 2 is 1.88 bits per heavy atom. The number of aliphatic hydroxyl groups is 1. The van der Waals surface area contributed by atoms with Crippen LogP contribution in [-0.4, -0.2) is 16.0 Å². The first-order chi connectivity index (χ1) is 12.0. The van der Waals surface area contributed by atoms with Crippen LogP contribution in [0.5, 0.6) is 0 Å². The van der Waals surface area contributed by atoms with Gasteiger partial charge in [0.1, 0.15) is 0 Å². The molecule has 0 unspecified atom stereocenters. The van der Waals surface area contributed by atoms with Gasteiger partial charge in [-0.3, -0.25) is 4.79 Å². The molecule has 25 heavy (non-hydrogen) atoms. The minimum Gasteiger partial charge on any atom is -0.392 e. The Hall–Kier alpha value is -2.70. The van der Waals surface area contributed by atoms with Crippen LogP contribution in [0.1, 0.15) is 18.2 Å². The standard InChI is InChI=1S/C19H19N3O2S/c1-12-11-25-19(20-12)22-16-6-3-14(4-7-16)18-9-17(21-13(2)24)8-5-15(18)10-23/h3-9,11,23H,10H2,1-2H3,(H,20,22)(H,21,24). The molecule has 0 bridgehead atoms. The van der Waals surface area contributed by atoms with Crippen LogP contribution in [0.25, 0.3) is 11.1 Å². The maximum atomic E-state index is 11.3. The Balaban J connectivity index is 1.86. The molecule has 0 aliphatic rings. The summed E-state index contributed by atoms with van der Waals surface area (Å²) in [7, 11) is 0. The summed E-state index contributed by atoms with van der Waals surface area (Å²) >= 11 is 1.56. The molecule has 0 atom stereocenters. The first-order valence-corrected chi connectivity index (χ1v) is 8.74. The largest absolute Gasteiger partial charge is 0.392 e. The summed E-state index contributed by atoms with van der Waals surface area (Å²) in [5, 5.41) is 18.5. The van der Waals surface area contributed by atoms with E-state index in [0.29, 0.717) is 5.69 Å². The monoisotopic (exact) mass is 353 g/mol. The zero-order chi connectivity index (χ0) is 17.8. The molecule has 5 nitrogen and oxygen atoms in total. The third-order valence-electron chi connectivity index (χ3n) is 3.67. The highest BCUT2D eigenvalue weighted by Crippen LogP contribution is 2.29. The Morgan fingerprint density at radius 3 is 2.48 bits per heavy atom. The molecule has 2 aromatic carbocycles. The molecule has 0 aliphatic heterocycles. The summed E-state index contributed by atoms with van der Waals surface area (Å²) in [6.07, 6.45) is 0. The zero-order valence-electron chi connectivity index (χ0n) is 14.0. The van der Waals surface area contributed by atoms with Crippen LogP contribution in [0, 0.1) is 6.92 Å². The first kappa shape index (κ1) is 17.1. The predicted octanol–water partition coefficient (Wildman–Crippen LogP) is 4.31. The highest BCUT2D eigenvalue weighted by Gasteiger charge is 2.08. The molecule has 0 aliphatic carbocycles. The molecule has 1 heterocycles. The molecule has 0 saturated carbocycles. The number of nitrogens with one attached hydrogen (secondary N) is 2. The Kier molecular flexibility index (Phi) is 5.11. The minimum atomic E-state index is -0.124. The smallest absolute Gasteiger partial charge is 0.221 e. The number of nitrogens with zero attached hydrogens (tertiary/aromatic N) is 1. The summed E-state index contributed by atoms with van der Waals surface area (Å²) in [6, 6.07) is 13.4. The number of carbonyl (C=O) groups is 1. The van der Waals surface area contributed by atoms with Crippen LogP contribution in [-0.2, 0) is 11.4 Å². The van der Waals surface area contributed by atoms with Crippen LogP contribution < -0.4 is 10.6 Å². The van der Waals surface area contributed by atoms with E-state index in [1.54, 1.807) is 17.4 Å². The molecule has 1 aromatic heterocycles. The van der Waals surface area contributed by atoms with Crippen molar-refractivity contribution in [3.8, 4) is 11.1 Å². The number of anilines is 3. The van der Waals surface area contributed by atoms with Crippen LogP contribution in [0.2, 0.25) is 0 Å². The lowest BCUT2D eigenvalue weighted by molar-refractivity contribution is -0.114. The van der Waals surface area contributed by atoms with Crippen molar-refractivity contribution in [3.63, 3.8) is 0 Å². The molecule has 1 amide bonds. The number of amides is 1.